The summed E-state index contributed by atoms with van der Waals surface area (Å²) in [6.45, 7) is -0.484. The van der Waals surface area contributed by atoms with E-state index >= 15 is 0 Å². The maximum absolute atomic E-state index is 14.0. The highest BCUT2D eigenvalue weighted by Crippen LogP contribution is 2.28. The number of benzene rings is 1. The van der Waals surface area contributed by atoms with Crippen molar-refractivity contribution in [3.8, 4) is 0 Å². The number of anilines is 1. The van der Waals surface area contributed by atoms with Crippen molar-refractivity contribution in [1.82, 2.24) is 24.5 Å². The third-order valence-electron chi connectivity index (χ3n) is 5.74. The Morgan fingerprint density at radius 2 is 1.92 bits per heavy atom. The van der Waals surface area contributed by atoms with Crippen LogP contribution in [0.2, 0.25) is 0 Å². The minimum atomic E-state index is -4.15. The highest BCUT2D eigenvalue weighted by Gasteiger charge is 2.44. The normalized spacial score (nSPS) is 21.8. The molecule has 1 aliphatic carbocycles. The van der Waals surface area contributed by atoms with E-state index in [2.05, 4.69) is 20.4 Å². The van der Waals surface area contributed by atoms with E-state index < -0.39 is 70.0 Å². The first-order chi connectivity index (χ1) is 17.5. The van der Waals surface area contributed by atoms with Gasteiger partial charge in [-0.05, 0) is 18.2 Å². The average molecular weight is 542 g/mol. The van der Waals surface area contributed by atoms with Crippen molar-refractivity contribution in [3.05, 3.63) is 71.2 Å². The molecule has 0 saturated heterocycles. The number of nitrogens with one attached hydrogen (secondary N) is 2. The van der Waals surface area contributed by atoms with Crippen molar-refractivity contribution in [2.24, 2.45) is 0 Å². The van der Waals surface area contributed by atoms with Crippen LogP contribution >= 0.6 is 0 Å². The van der Waals surface area contributed by atoms with Crippen LogP contribution in [0, 0.1) is 17.5 Å². The second-order valence-corrected chi connectivity index (χ2v) is 9.60. The van der Waals surface area contributed by atoms with Crippen LogP contribution in [0.25, 0.3) is 0 Å². The molecule has 37 heavy (non-hydrogen) atoms. The van der Waals surface area contributed by atoms with Gasteiger partial charge in [-0.3, -0.25) is 13.7 Å². The van der Waals surface area contributed by atoms with Gasteiger partial charge in [0.2, 0.25) is 5.78 Å². The molecule has 1 fully saturated rings. The molecule has 0 radical (unpaired) electrons. The van der Waals surface area contributed by atoms with Crippen LogP contribution in [-0.4, -0.2) is 75.6 Å². The quantitative estimate of drug-likeness (QED) is 0.215. The first-order valence-electron chi connectivity index (χ1n) is 10.8. The largest absolute Gasteiger partial charge is 0.388 e. The second kappa shape index (κ2) is 10.5. The molecular weight excluding hydrogens is 521 g/mol. The second-order valence-electron chi connectivity index (χ2n) is 8.10. The fraction of sp³-hybridized carbons (Fsp3) is 0.333. The van der Waals surface area contributed by atoms with E-state index in [1.54, 1.807) is 0 Å². The lowest BCUT2D eigenvalue weighted by atomic mass is 10.1. The minimum Gasteiger partial charge on any atom is -0.388 e. The molecule has 4 N–H and O–H groups in total. The van der Waals surface area contributed by atoms with Crippen LogP contribution in [-0.2, 0) is 21.0 Å². The van der Waals surface area contributed by atoms with Crippen molar-refractivity contribution >= 4 is 21.9 Å². The third-order valence-corrected chi connectivity index (χ3v) is 6.74. The first kappa shape index (κ1) is 26.6. The Kier molecular flexibility index (Phi) is 7.56. The summed E-state index contributed by atoms with van der Waals surface area (Å²) in [5, 5.41) is 27.4. The summed E-state index contributed by atoms with van der Waals surface area (Å²) in [4.78, 5) is 20.9. The summed E-state index contributed by atoms with van der Waals surface area (Å²) in [6, 6.07) is 1.75. The van der Waals surface area contributed by atoms with Crippen molar-refractivity contribution in [3.63, 3.8) is 0 Å². The lowest BCUT2D eigenvalue weighted by Crippen LogP contribution is -2.38. The number of aromatic nitrogens is 4. The van der Waals surface area contributed by atoms with Gasteiger partial charge in [0.25, 0.3) is 0 Å². The van der Waals surface area contributed by atoms with Crippen LogP contribution in [0.5, 0.6) is 0 Å². The number of aliphatic hydroxyl groups is 2. The lowest BCUT2D eigenvalue weighted by molar-refractivity contribution is -0.00882. The summed E-state index contributed by atoms with van der Waals surface area (Å²) >= 11 is 0. The molecule has 4 atom stereocenters. The molecule has 1 aliphatic rings. The van der Waals surface area contributed by atoms with Crippen LogP contribution in [0.1, 0.15) is 28.0 Å². The van der Waals surface area contributed by atoms with Crippen LogP contribution in [0.3, 0.4) is 0 Å². The van der Waals surface area contributed by atoms with E-state index in [1.165, 1.54) is 18.5 Å². The molecule has 0 amide bonds. The van der Waals surface area contributed by atoms with Crippen molar-refractivity contribution in [2.75, 3.05) is 12.4 Å². The summed E-state index contributed by atoms with van der Waals surface area (Å²) in [7, 11) is -3.03. The van der Waals surface area contributed by atoms with Gasteiger partial charge in [0.1, 0.15) is 42.0 Å². The Balaban J connectivity index is 1.52. The number of aliphatic hydroxyl groups excluding tert-OH is 2. The summed E-state index contributed by atoms with van der Waals surface area (Å²) in [5.41, 5.74) is -0.813. The Labute approximate surface area is 208 Å². The number of carbonyl (C=O) groups excluding carboxylic acids is 1. The van der Waals surface area contributed by atoms with Gasteiger partial charge in [0.05, 0.1) is 18.2 Å². The van der Waals surface area contributed by atoms with Crippen molar-refractivity contribution < 1.29 is 40.8 Å². The summed E-state index contributed by atoms with van der Waals surface area (Å²) in [5.74, 6) is -4.32. The van der Waals surface area contributed by atoms with Crippen molar-refractivity contribution in [2.45, 2.75) is 37.3 Å². The fourth-order valence-electron chi connectivity index (χ4n) is 3.81. The zero-order chi connectivity index (χ0) is 26.9. The number of hydrogen-bond donors (Lipinski definition) is 4. The smallest absolute Gasteiger partial charge is 0.335 e. The maximum Gasteiger partial charge on any atom is 0.335 e. The molecule has 16 heteroatoms. The van der Waals surface area contributed by atoms with Crippen LogP contribution in [0.15, 0.2) is 36.9 Å². The van der Waals surface area contributed by atoms with Gasteiger partial charge in [0.15, 0.2) is 11.6 Å². The van der Waals surface area contributed by atoms with E-state index in [-0.39, 0.29) is 23.5 Å². The molecule has 2 heterocycles. The van der Waals surface area contributed by atoms with E-state index in [4.69, 9.17) is 4.18 Å². The Morgan fingerprint density at radius 1 is 1.19 bits per heavy atom. The van der Waals surface area contributed by atoms with Gasteiger partial charge < -0.3 is 15.5 Å². The molecule has 0 aliphatic heterocycles. The van der Waals surface area contributed by atoms with Gasteiger partial charge >= 0.3 is 10.3 Å². The van der Waals surface area contributed by atoms with Gasteiger partial charge in [-0.15, -0.1) is 0 Å². The van der Waals surface area contributed by atoms with Gasteiger partial charge in [-0.1, -0.05) is 0 Å². The summed E-state index contributed by atoms with van der Waals surface area (Å²) < 4.78 is 72.6. The van der Waals surface area contributed by atoms with E-state index in [0.29, 0.717) is 6.07 Å². The molecule has 2 aromatic heterocycles. The molecule has 4 rings (SSSR count). The molecule has 0 unspecified atom stereocenters. The Hall–Kier alpha value is -3.44. The molecule has 0 bridgehead atoms. The van der Waals surface area contributed by atoms with E-state index in [9.17, 15) is 36.6 Å². The predicted octanol–water partition coefficient (Wildman–Crippen LogP) is 0.125. The third kappa shape index (κ3) is 5.62. The molecule has 1 saturated carbocycles. The first-order valence-corrected chi connectivity index (χ1v) is 12.2. The predicted molar refractivity (Wildman–Crippen MR) is 120 cm³/mol. The molecule has 0 spiro atoms. The molecule has 12 nitrogen and oxygen atoms in total. The monoisotopic (exact) mass is 542 g/mol. The molecule has 1 aromatic carbocycles. The topological polar surface area (TPSA) is 169 Å². The number of ketones is 1. The number of halogens is 3. The molecular formula is C21H21F3N6O6S. The highest BCUT2D eigenvalue weighted by molar-refractivity contribution is 7.84. The van der Waals surface area contributed by atoms with Gasteiger partial charge in [-0.25, -0.2) is 23.1 Å². The van der Waals surface area contributed by atoms with Crippen LogP contribution < -0.4 is 10.0 Å². The standard InChI is InChI=1S/C21H21F3N6O6S/c1-25-37(34,35)36-16-6-15(19(32)20(16)33)28-21-10(7-26-9-27-21)18(31)14-4-5-30(29-14)8-11-12(22)2-3-13(23)17(11)24/h2-5,7,9,15-16,19-20,25,32-33H,6,8H2,1H3,(H,26,27,28)/t15-,16-,19+,20+/m1/s1. The minimum absolute atomic E-state index is 0.0508. The van der Waals surface area contributed by atoms with E-state index in [1.807, 2.05) is 4.72 Å². The fourth-order valence-corrected chi connectivity index (χ4v) is 4.42. The Morgan fingerprint density at radius 3 is 2.65 bits per heavy atom. The Bertz CT molecular complexity index is 1420. The van der Waals surface area contributed by atoms with Gasteiger partial charge in [0, 0.05) is 31.4 Å². The number of nitrogens with zero attached hydrogens (tertiary/aromatic N) is 4. The highest BCUT2D eigenvalue weighted by atomic mass is 32.2. The molecule has 198 valence electrons. The number of hydrogen-bond acceptors (Lipinski definition) is 10. The van der Waals surface area contributed by atoms with E-state index in [0.717, 1.165) is 24.1 Å². The lowest BCUT2D eigenvalue weighted by Gasteiger charge is -2.19. The SMILES string of the molecule is CNS(=O)(=O)O[C@@H]1C[C@@H](Nc2ncncc2C(=O)c2ccn(Cc3c(F)ccc(F)c3F)n2)[C@H](O)[C@H]1O. The van der Waals surface area contributed by atoms with Crippen LogP contribution in [0.4, 0.5) is 19.0 Å². The maximum atomic E-state index is 14.0. The zero-order valence-electron chi connectivity index (χ0n) is 19.0. The van der Waals surface area contributed by atoms with Crippen molar-refractivity contribution in [1.29, 1.82) is 0 Å². The number of carbonyl (C=O) groups is 1. The number of rotatable bonds is 9. The molecule has 3 aromatic rings. The zero-order valence-corrected chi connectivity index (χ0v) is 19.9. The van der Waals surface area contributed by atoms with Gasteiger partial charge in [-0.2, -0.15) is 18.2 Å². The summed E-state index contributed by atoms with van der Waals surface area (Å²) in [6.07, 6.45) is -0.893. The average Bonchev–Trinajstić information content (AvgIpc) is 3.44.